The summed E-state index contributed by atoms with van der Waals surface area (Å²) in [4.78, 5) is 13.8. The number of amides is 1. The van der Waals surface area contributed by atoms with Crippen molar-refractivity contribution in [2.75, 3.05) is 39.3 Å². The van der Waals surface area contributed by atoms with E-state index in [-0.39, 0.29) is 12.0 Å². The lowest BCUT2D eigenvalue weighted by Crippen LogP contribution is -2.29. The van der Waals surface area contributed by atoms with E-state index in [9.17, 15) is 4.79 Å². The van der Waals surface area contributed by atoms with E-state index in [1.54, 1.807) is 26.0 Å². The molecule has 0 aromatic rings. The predicted molar refractivity (Wildman–Crippen MR) is 97.3 cm³/mol. The molecule has 0 aliphatic carbocycles. The van der Waals surface area contributed by atoms with Gasteiger partial charge in [-0.2, -0.15) is 11.8 Å². The number of carbonyl (C=O) groups excluding carboxylic acids is 1. The summed E-state index contributed by atoms with van der Waals surface area (Å²) in [7, 11) is 1.87. The molecule has 0 saturated carbocycles. The maximum atomic E-state index is 11.9. The fourth-order valence-electron chi connectivity index (χ4n) is 1.85. The summed E-state index contributed by atoms with van der Waals surface area (Å²) in [5.41, 5.74) is 0. The zero-order chi connectivity index (χ0) is 17.4. The number of hydrogen-bond donors (Lipinski definition) is 0. The molecule has 0 bridgehead atoms. The Balaban J connectivity index is 0. The van der Waals surface area contributed by atoms with E-state index in [1.165, 1.54) is 0 Å². The van der Waals surface area contributed by atoms with Crippen LogP contribution in [0.3, 0.4) is 0 Å². The second-order valence-corrected chi connectivity index (χ2v) is 6.41. The minimum absolute atomic E-state index is 0.0421. The molecule has 0 aromatic heterocycles. The van der Waals surface area contributed by atoms with Gasteiger partial charge in [0.1, 0.15) is 0 Å². The zero-order valence-electron chi connectivity index (χ0n) is 15.3. The molecule has 1 atom stereocenters. The van der Waals surface area contributed by atoms with Crippen LogP contribution in [0.1, 0.15) is 47.0 Å². The molecule has 1 aliphatic heterocycles. The van der Waals surface area contributed by atoms with Crippen LogP contribution in [0.2, 0.25) is 0 Å². The molecule has 0 radical (unpaired) electrons. The Morgan fingerprint density at radius 2 is 1.82 bits per heavy atom. The molecule has 0 aromatic carbocycles. The molecule has 1 heterocycles. The van der Waals surface area contributed by atoms with E-state index in [4.69, 9.17) is 13.6 Å². The quantitative estimate of drug-likeness (QED) is 0.479. The molecule has 1 saturated heterocycles. The first kappa shape index (κ1) is 24.4. The Kier molecular flexibility index (Phi) is 19.4. The van der Waals surface area contributed by atoms with Crippen LogP contribution >= 0.6 is 20.4 Å². The smallest absolute Gasteiger partial charge is 0.332 e. The third-order valence-corrected chi connectivity index (χ3v) is 4.53. The monoisotopic (exact) mass is 355 g/mol. The lowest BCUT2D eigenvalue weighted by atomic mass is 10.3. The highest BCUT2D eigenvalue weighted by Crippen LogP contribution is 2.40. The average molecular weight is 355 g/mol. The first-order valence-electron chi connectivity index (χ1n) is 8.03. The van der Waals surface area contributed by atoms with Gasteiger partial charge in [0, 0.05) is 33.7 Å². The van der Waals surface area contributed by atoms with Gasteiger partial charge in [0.25, 0.3) is 0 Å². The molecule has 134 valence electrons. The number of carbonyl (C=O) groups is 1. The first-order chi connectivity index (χ1) is 10.7. The molecule has 22 heavy (non-hydrogen) atoms. The predicted octanol–water partition coefficient (Wildman–Crippen LogP) is 4.32. The van der Waals surface area contributed by atoms with Crippen LogP contribution in [0, 0.1) is 0 Å². The zero-order valence-corrected chi connectivity index (χ0v) is 17.0. The molecule has 0 unspecified atom stereocenters. The molecule has 1 aliphatic rings. The van der Waals surface area contributed by atoms with Crippen molar-refractivity contribution in [1.82, 2.24) is 4.90 Å². The molecule has 5 nitrogen and oxygen atoms in total. The minimum atomic E-state index is -1.26. The molecule has 0 spiro atoms. The number of likely N-dealkylation sites (tertiary alicyclic amines) is 1. The summed E-state index contributed by atoms with van der Waals surface area (Å²) in [5, 5.41) is 0. The standard InChI is InChI=1S/C11H22NO4PS.2C2H6/c1-14-17(15-2)16-10-6-7-12(9-10)11(13)5-4-8-18-3;2*1-2/h10H,4-9H2,1-3H3;2*1-2H3/t10-;;/m1../s1. The Morgan fingerprint density at radius 3 is 2.32 bits per heavy atom. The van der Waals surface area contributed by atoms with Gasteiger partial charge in [0.15, 0.2) is 0 Å². The average Bonchev–Trinajstić information content (AvgIpc) is 3.05. The number of hydrogen-bond acceptors (Lipinski definition) is 5. The summed E-state index contributed by atoms with van der Waals surface area (Å²) in [6.07, 6.45) is 4.55. The lowest BCUT2D eigenvalue weighted by Gasteiger charge is -2.18. The van der Waals surface area contributed by atoms with Gasteiger partial charge in [-0.1, -0.05) is 27.7 Å². The van der Waals surface area contributed by atoms with Crippen molar-refractivity contribution in [1.29, 1.82) is 0 Å². The molecule has 1 amide bonds. The van der Waals surface area contributed by atoms with Crippen molar-refractivity contribution in [3.8, 4) is 0 Å². The van der Waals surface area contributed by atoms with Gasteiger partial charge in [0.05, 0.1) is 6.10 Å². The van der Waals surface area contributed by atoms with Crippen molar-refractivity contribution in [3.05, 3.63) is 0 Å². The Morgan fingerprint density at radius 1 is 1.23 bits per heavy atom. The maximum Gasteiger partial charge on any atom is 0.332 e. The normalized spacial score (nSPS) is 16.7. The third kappa shape index (κ3) is 10.8. The second-order valence-electron chi connectivity index (χ2n) is 4.04. The van der Waals surface area contributed by atoms with Crippen molar-refractivity contribution >= 4 is 26.3 Å². The van der Waals surface area contributed by atoms with Crippen LogP contribution in [-0.4, -0.2) is 56.2 Å². The molecule has 7 heteroatoms. The van der Waals surface area contributed by atoms with Crippen LogP contribution in [0.25, 0.3) is 0 Å². The Bertz CT molecular complexity index is 256. The van der Waals surface area contributed by atoms with Gasteiger partial charge in [-0.25, -0.2) is 0 Å². The highest BCUT2D eigenvalue weighted by atomic mass is 32.2. The number of nitrogens with zero attached hydrogens (tertiary/aromatic N) is 1. The van der Waals surface area contributed by atoms with Crippen molar-refractivity contribution < 1.29 is 18.4 Å². The van der Waals surface area contributed by atoms with Gasteiger partial charge < -0.3 is 18.5 Å². The highest BCUT2D eigenvalue weighted by Gasteiger charge is 2.29. The first-order valence-corrected chi connectivity index (χ1v) is 10.5. The summed E-state index contributed by atoms with van der Waals surface area (Å²) < 4.78 is 15.7. The van der Waals surface area contributed by atoms with Crippen LogP contribution in [0.4, 0.5) is 0 Å². The van der Waals surface area contributed by atoms with Gasteiger partial charge in [-0.3, -0.25) is 4.79 Å². The van der Waals surface area contributed by atoms with E-state index < -0.39 is 8.60 Å². The topological polar surface area (TPSA) is 48.0 Å². The van der Waals surface area contributed by atoms with E-state index >= 15 is 0 Å². The summed E-state index contributed by atoms with van der Waals surface area (Å²) in [5.74, 6) is 1.27. The van der Waals surface area contributed by atoms with Crippen LogP contribution < -0.4 is 0 Å². The molecule has 0 N–H and O–H groups in total. The molecule has 1 rings (SSSR count). The van der Waals surface area contributed by atoms with Crippen LogP contribution in [-0.2, 0) is 18.4 Å². The lowest BCUT2D eigenvalue weighted by molar-refractivity contribution is -0.130. The molecular formula is C15H34NO4PS. The van der Waals surface area contributed by atoms with Crippen molar-refractivity contribution in [3.63, 3.8) is 0 Å². The SMILES string of the molecule is CC.CC.COP(OC)O[C@@H]1CCN(C(=O)CCCSC)C1. The van der Waals surface area contributed by atoms with Crippen LogP contribution in [0.15, 0.2) is 0 Å². The van der Waals surface area contributed by atoms with Gasteiger partial charge >= 0.3 is 8.60 Å². The Labute approximate surface area is 142 Å². The van der Waals surface area contributed by atoms with Crippen molar-refractivity contribution in [2.45, 2.75) is 53.1 Å². The maximum absolute atomic E-state index is 11.9. The van der Waals surface area contributed by atoms with Gasteiger partial charge in [-0.15, -0.1) is 0 Å². The summed E-state index contributed by atoms with van der Waals surface area (Å²) >= 11 is 1.78. The van der Waals surface area contributed by atoms with Crippen LogP contribution in [0.5, 0.6) is 0 Å². The highest BCUT2D eigenvalue weighted by molar-refractivity contribution is 7.98. The van der Waals surface area contributed by atoms with E-state index in [1.807, 2.05) is 32.6 Å². The number of rotatable bonds is 8. The van der Waals surface area contributed by atoms with E-state index in [0.717, 1.165) is 25.1 Å². The molecule has 1 fully saturated rings. The van der Waals surface area contributed by atoms with Gasteiger partial charge in [-0.05, 0) is 24.9 Å². The third-order valence-electron chi connectivity index (χ3n) is 2.77. The summed E-state index contributed by atoms with van der Waals surface area (Å²) in [6, 6.07) is 0. The second kappa shape index (κ2) is 17.5. The van der Waals surface area contributed by atoms with E-state index in [2.05, 4.69) is 6.26 Å². The number of thioether (sulfide) groups is 1. The Hall–Kier alpha value is 0.130. The molecular weight excluding hydrogens is 321 g/mol. The van der Waals surface area contributed by atoms with E-state index in [0.29, 0.717) is 13.0 Å². The summed E-state index contributed by atoms with van der Waals surface area (Å²) in [6.45, 7) is 9.43. The fourth-order valence-corrected chi connectivity index (χ4v) is 3.02. The fraction of sp³-hybridized carbons (Fsp3) is 0.933. The van der Waals surface area contributed by atoms with Gasteiger partial charge in [0.2, 0.25) is 5.91 Å². The minimum Gasteiger partial charge on any atom is -0.340 e. The largest absolute Gasteiger partial charge is 0.340 e. The van der Waals surface area contributed by atoms with Crippen molar-refractivity contribution in [2.24, 2.45) is 0 Å².